The SMILES string of the molecule is Cc1ccccc1COc1ccc2ccccc2c1CNCCCCCO. The molecule has 0 aliphatic rings. The zero-order valence-corrected chi connectivity index (χ0v) is 16.1. The van der Waals surface area contributed by atoms with Crippen LogP contribution >= 0.6 is 0 Å². The summed E-state index contributed by atoms with van der Waals surface area (Å²) in [7, 11) is 0. The Labute approximate surface area is 162 Å². The summed E-state index contributed by atoms with van der Waals surface area (Å²) in [6, 6.07) is 21.0. The van der Waals surface area contributed by atoms with Gasteiger partial charge in [-0.2, -0.15) is 0 Å². The molecule has 0 heterocycles. The molecule has 0 unspecified atom stereocenters. The molecule has 0 aromatic heterocycles. The maximum absolute atomic E-state index is 8.89. The molecule has 0 aliphatic heterocycles. The monoisotopic (exact) mass is 363 g/mol. The first kappa shape index (κ1) is 19.4. The fourth-order valence-corrected chi connectivity index (χ4v) is 3.31. The molecule has 0 amide bonds. The Morgan fingerprint density at radius 2 is 1.70 bits per heavy atom. The summed E-state index contributed by atoms with van der Waals surface area (Å²) >= 11 is 0. The molecule has 0 saturated carbocycles. The summed E-state index contributed by atoms with van der Waals surface area (Å²) in [6.45, 7) is 4.70. The summed E-state index contributed by atoms with van der Waals surface area (Å²) in [5, 5.41) is 14.9. The van der Waals surface area contributed by atoms with Gasteiger partial charge in [-0.05, 0) is 60.7 Å². The van der Waals surface area contributed by atoms with Gasteiger partial charge in [0.2, 0.25) is 0 Å². The van der Waals surface area contributed by atoms with E-state index < -0.39 is 0 Å². The summed E-state index contributed by atoms with van der Waals surface area (Å²) < 4.78 is 6.23. The minimum Gasteiger partial charge on any atom is -0.489 e. The molecule has 0 fully saturated rings. The van der Waals surface area contributed by atoms with Gasteiger partial charge in [0.15, 0.2) is 0 Å². The molecule has 27 heavy (non-hydrogen) atoms. The lowest BCUT2D eigenvalue weighted by atomic mass is 10.0. The van der Waals surface area contributed by atoms with E-state index in [-0.39, 0.29) is 6.61 Å². The van der Waals surface area contributed by atoms with E-state index in [1.54, 1.807) is 0 Å². The highest BCUT2D eigenvalue weighted by molar-refractivity contribution is 5.87. The van der Waals surface area contributed by atoms with Crippen molar-refractivity contribution in [2.45, 2.75) is 39.3 Å². The number of hydrogen-bond donors (Lipinski definition) is 2. The average Bonchev–Trinajstić information content (AvgIpc) is 2.70. The molecule has 0 aliphatic carbocycles. The van der Waals surface area contributed by atoms with E-state index in [1.165, 1.54) is 27.5 Å². The lowest BCUT2D eigenvalue weighted by molar-refractivity contribution is 0.282. The van der Waals surface area contributed by atoms with E-state index in [0.717, 1.165) is 38.1 Å². The van der Waals surface area contributed by atoms with Crippen molar-refractivity contribution >= 4 is 10.8 Å². The van der Waals surface area contributed by atoms with Crippen LogP contribution in [0.5, 0.6) is 5.75 Å². The van der Waals surface area contributed by atoms with Crippen LogP contribution in [0.3, 0.4) is 0 Å². The van der Waals surface area contributed by atoms with Crippen LogP contribution in [-0.2, 0) is 13.2 Å². The minimum absolute atomic E-state index is 0.278. The molecule has 0 radical (unpaired) electrons. The Bertz CT molecular complexity index is 860. The second-order valence-corrected chi connectivity index (χ2v) is 6.94. The van der Waals surface area contributed by atoms with Crippen molar-refractivity contribution in [2.75, 3.05) is 13.2 Å². The number of ether oxygens (including phenoxy) is 1. The number of aliphatic hydroxyl groups is 1. The Morgan fingerprint density at radius 3 is 2.56 bits per heavy atom. The quantitative estimate of drug-likeness (QED) is 0.499. The van der Waals surface area contributed by atoms with Crippen LogP contribution in [0.2, 0.25) is 0 Å². The standard InChI is InChI=1S/C24H29NO2/c1-19-9-3-4-11-21(19)18-27-24-14-13-20-10-5-6-12-22(20)23(24)17-25-15-7-2-8-16-26/h3-6,9-14,25-26H,2,7-8,15-18H2,1H3. The summed E-state index contributed by atoms with van der Waals surface area (Å²) in [5.41, 5.74) is 3.68. The largest absolute Gasteiger partial charge is 0.489 e. The Morgan fingerprint density at radius 1 is 0.889 bits per heavy atom. The zero-order chi connectivity index (χ0) is 18.9. The molecular formula is C24H29NO2. The molecule has 3 heteroatoms. The number of aryl methyl sites for hydroxylation is 1. The van der Waals surface area contributed by atoms with E-state index in [0.29, 0.717) is 6.61 Å². The third-order valence-corrected chi connectivity index (χ3v) is 4.96. The van der Waals surface area contributed by atoms with Gasteiger partial charge in [-0.3, -0.25) is 0 Å². The fraction of sp³-hybridized carbons (Fsp3) is 0.333. The molecule has 3 rings (SSSR count). The molecule has 2 N–H and O–H groups in total. The van der Waals surface area contributed by atoms with E-state index >= 15 is 0 Å². The fourth-order valence-electron chi connectivity index (χ4n) is 3.31. The first-order valence-electron chi connectivity index (χ1n) is 9.79. The van der Waals surface area contributed by atoms with E-state index in [4.69, 9.17) is 9.84 Å². The van der Waals surface area contributed by atoms with E-state index in [9.17, 15) is 0 Å². The second kappa shape index (κ2) is 10.1. The highest BCUT2D eigenvalue weighted by Gasteiger charge is 2.09. The Hall–Kier alpha value is -2.36. The van der Waals surface area contributed by atoms with Crippen molar-refractivity contribution in [3.63, 3.8) is 0 Å². The van der Waals surface area contributed by atoms with E-state index in [2.05, 4.69) is 72.9 Å². The normalized spacial score (nSPS) is 11.0. The maximum Gasteiger partial charge on any atom is 0.124 e. The van der Waals surface area contributed by atoms with Crippen LogP contribution < -0.4 is 10.1 Å². The number of nitrogens with one attached hydrogen (secondary N) is 1. The first-order valence-corrected chi connectivity index (χ1v) is 9.79. The third-order valence-electron chi connectivity index (χ3n) is 4.96. The van der Waals surface area contributed by atoms with Crippen molar-refractivity contribution in [1.29, 1.82) is 0 Å². The molecule has 3 aromatic carbocycles. The van der Waals surface area contributed by atoms with Crippen molar-refractivity contribution < 1.29 is 9.84 Å². The van der Waals surface area contributed by atoms with E-state index in [1.807, 2.05) is 0 Å². The van der Waals surface area contributed by atoms with Gasteiger partial charge in [-0.1, -0.05) is 54.6 Å². The molecule has 0 saturated heterocycles. The smallest absolute Gasteiger partial charge is 0.124 e. The Balaban J connectivity index is 1.74. The zero-order valence-electron chi connectivity index (χ0n) is 16.1. The maximum atomic E-state index is 8.89. The summed E-state index contributed by atoms with van der Waals surface area (Å²) in [5.74, 6) is 0.944. The molecule has 3 aromatic rings. The first-order chi connectivity index (χ1) is 13.3. The van der Waals surface area contributed by atoms with Gasteiger partial charge >= 0.3 is 0 Å². The van der Waals surface area contributed by atoms with Crippen LogP contribution in [0.15, 0.2) is 60.7 Å². The van der Waals surface area contributed by atoms with Crippen molar-refractivity contribution in [1.82, 2.24) is 5.32 Å². The number of benzene rings is 3. The number of aliphatic hydroxyl groups excluding tert-OH is 1. The molecule has 0 bridgehead atoms. The topological polar surface area (TPSA) is 41.5 Å². The van der Waals surface area contributed by atoms with Gasteiger partial charge in [0.05, 0.1) is 0 Å². The Kier molecular flexibility index (Phi) is 7.26. The summed E-state index contributed by atoms with van der Waals surface area (Å²) in [4.78, 5) is 0. The van der Waals surface area contributed by atoms with Crippen LogP contribution in [0.25, 0.3) is 10.8 Å². The number of unbranched alkanes of at least 4 members (excludes halogenated alkanes) is 2. The van der Waals surface area contributed by atoms with Crippen molar-refractivity contribution in [3.8, 4) is 5.75 Å². The van der Waals surface area contributed by atoms with Gasteiger partial charge in [0.1, 0.15) is 12.4 Å². The van der Waals surface area contributed by atoms with Gasteiger partial charge in [0, 0.05) is 18.7 Å². The van der Waals surface area contributed by atoms with Gasteiger partial charge in [0.25, 0.3) is 0 Å². The lowest BCUT2D eigenvalue weighted by Crippen LogP contribution is -2.16. The van der Waals surface area contributed by atoms with Gasteiger partial charge < -0.3 is 15.2 Å². The average molecular weight is 364 g/mol. The minimum atomic E-state index is 0.278. The highest BCUT2D eigenvalue weighted by atomic mass is 16.5. The molecule has 3 nitrogen and oxygen atoms in total. The second-order valence-electron chi connectivity index (χ2n) is 6.94. The van der Waals surface area contributed by atoms with Crippen LogP contribution in [0.1, 0.15) is 36.0 Å². The molecular weight excluding hydrogens is 334 g/mol. The molecule has 0 spiro atoms. The highest BCUT2D eigenvalue weighted by Crippen LogP contribution is 2.29. The predicted molar refractivity (Wildman–Crippen MR) is 112 cm³/mol. The van der Waals surface area contributed by atoms with Gasteiger partial charge in [-0.15, -0.1) is 0 Å². The van der Waals surface area contributed by atoms with Crippen molar-refractivity contribution in [2.24, 2.45) is 0 Å². The number of rotatable bonds is 10. The lowest BCUT2D eigenvalue weighted by Gasteiger charge is -2.16. The van der Waals surface area contributed by atoms with Gasteiger partial charge in [-0.25, -0.2) is 0 Å². The molecule has 0 atom stereocenters. The predicted octanol–water partition coefficient (Wildman–Crippen LogP) is 4.98. The van der Waals surface area contributed by atoms with Crippen LogP contribution in [-0.4, -0.2) is 18.3 Å². The summed E-state index contributed by atoms with van der Waals surface area (Å²) in [6.07, 6.45) is 3.00. The number of hydrogen-bond acceptors (Lipinski definition) is 3. The third kappa shape index (κ3) is 5.31. The van der Waals surface area contributed by atoms with Crippen LogP contribution in [0, 0.1) is 6.92 Å². The number of fused-ring (bicyclic) bond motifs is 1. The molecule has 142 valence electrons. The van der Waals surface area contributed by atoms with Crippen molar-refractivity contribution in [3.05, 3.63) is 77.4 Å². The van der Waals surface area contributed by atoms with Crippen LogP contribution in [0.4, 0.5) is 0 Å².